The third-order valence-electron chi connectivity index (χ3n) is 6.26. The van der Waals surface area contributed by atoms with Gasteiger partial charge in [-0.15, -0.1) is 0 Å². The molecule has 1 heterocycles. The number of allylic oxidation sites excluding steroid dienone is 2. The Bertz CT molecular complexity index is 475. The second-order valence-corrected chi connectivity index (χ2v) is 8.64. The molecule has 0 aromatic heterocycles. The van der Waals surface area contributed by atoms with Gasteiger partial charge in [-0.1, -0.05) is 64.0 Å². The number of amides is 1. The highest BCUT2D eigenvalue weighted by Crippen LogP contribution is 2.22. The van der Waals surface area contributed by atoms with Crippen LogP contribution in [0.5, 0.6) is 0 Å². The predicted octanol–water partition coefficient (Wildman–Crippen LogP) is 6.01. The Labute approximate surface area is 180 Å². The lowest BCUT2D eigenvalue weighted by molar-refractivity contribution is -0.898. The third kappa shape index (κ3) is 11.5. The first-order valence-electron chi connectivity index (χ1n) is 12.3. The predicted molar refractivity (Wildman–Crippen MR) is 125 cm³/mol. The van der Waals surface area contributed by atoms with Gasteiger partial charge in [-0.05, 0) is 39.0 Å². The highest BCUT2D eigenvalue weighted by Gasteiger charge is 2.36. The molecule has 2 N–H and O–H groups in total. The zero-order valence-electron chi connectivity index (χ0n) is 19.6. The lowest BCUT2D eigenvalue weighted by Gasteiger charge is -2.37. The standard InChI is InChI=1S/C25H47N3O/c1-4-6-7-8-9-10-11-12-13-14-15-16-17-18-19-25-27-21-23-28(25,5-2)22-20-26-24(3)29/h14-15,21,23,25,27H,4-13,16-20,22H2,1-3H3/p+1/b15-14+. The van der Waals surface area contributed by atoms with E-state index < -0.39 is 0 Å². The average Bonchev–Trinajstić information content (AvgIpc) is 3.11. The Morgan fingerprint density at radius 2 is 1.59 bits per heavy atom. The van der Waals surface area contributed by atoms with Gasteiger partial charge in [-0.25, -0.2) is 0 Å². The molecule has 4 nitrogen and oxygen atoms in total. The first kappa shape index (κ1) is 25.7. The molecule has 2 atom stereocenters. The van der Waals surface area contributed by atoms with Gasteiger partial charge in [0.05, 0.1) is 19.3 Å². The van der Waals surface area contributed by atoms with Crippen LogP contribution in [0.1, 0.15) is 104 Å². The molecular formula is C25H48N3O+. The molecule has 29 heavy (non-hydrogen) atoms. The highest BCUT2D eigenvalue weighted by atomic mass is 16.1. The van der Waals surface area contributed by atoms with Crippen LogP contribution in [-0.4, -0.2) is 36.2 Å². The van der Waals surface area contributed by atoms with Crippen molar-refractivity contribution in [3.8, 4) is 0 Å². The fourth-order valence-corrected chi connectivity index (χ4v) is 4.28. The van der Waals surface area contributed by atoms with E-state index in [1.165, 1.54) is 83.5 Å². The van der Waals surface area contributed by atoms with E-state index >= 15 is 0 Å². The summed E-state index contributed by atoms with van der Waals surface area (Å²) in [5.74, 6) is 0.0608. The minimum Gasteiger partial charge on any atom is -0.351 e. The molecule has 1 aliphatic heterocycles. The SMILES string of the molecule is CCCCCCCCCC/C=C/CCCCC1NC=C[N+]1(CC)CCNC(C)=O. The van der Waals surface area contributed by atoms with Crippen molar-refractivity contribution in [1.29, 1.82) is 0 Å². The van der Waals surface area contributed by atoms with Crippen LogP contribution >= 0.6 is 0 Å². The fourth-order valence-electron chi connectivity index (χ4n) is 4.28. The number of hydrogen-bond acceptors (Lipinski definition) is 2. The van der Waals surface area contributed by atoms with Crippen LogP contribution in [0.25, 0.3) is 0 Å². The number of carbonyl (C=O) groups is 1. The van der Waals surface area contributed by atoms with E-state index in [2.05, 4.69) is 49.0 Å². The van der Waals surface area contributed by atoms with Crippen LogP contribution in [0.2, 0.25) is 0 Å². The van der Waals surface area contributed by atoms with E-state index in [1.807, 2.05) is 0 Å². The number of nitrogens with zero attached hydrogens (tertiary/aromatic N) is 1. The van der Waals surface area contributed by atoms with Crippen molar-refractivity contribution in [1.82, 2.24) is 10.6 Å². The minimum atomic E-state index is 0.0608. The summed E-state index contributed by atoms with van der Waals surface area (Å²) in [5.41, 5.74) is 0. The lowest BCUT2D eigenvalue weighted by Crippen LogP contribution is -2.55. The Hall–Kier alpha value is -1.29. The summed E-state index contributed by atoms with van der Waals surface area (Å²) in [7, 11) is 0. The zero-order valence-corrected chi connectivity index (χ0v) is 19.6. The third-order valence-corrected chi connectivity index (χ3v) is 6.26. The van der Waals surface area contributed by atoms with E-state index in [0.717, 1.165) is 24.1 Å². The molecule has 0 saturated carbocycles. The van der Waals surface area contributed by atoms with Crippen LogP contribution in [-0.2, 0) is 4.79 Å². The van der Waals surface area contributed by atoms with Gasteiger partial charge in [0.25, 0.3) is 0 Å². The van der Waals surface area contributed by atoms with Gasteiger partial charge in [-0.3, -0.25) is 9.28 Å². The first-order chi connectivity index (χ1) is 14.1. The number of hydrogen-bond donors (Lipinski definition) is 2. The van der Waals surface area contributed by atoms with Crippen molar-refractivity contribution in [2.24, 2.45) is 0 Å². The van der Waals surface area contributed by atoms with Crippen molar-refractivity contribution in [2.75, 3.05) is 19.6 Å². The maximum atomic E-state index is 11.2. The molecule has 0 saturated heterocycles. The number of nitrogens with one attached hydrogen (secondary N) is 2. The van der Waals surface area contributed by atoms with E-state index in [9.17, 15) is 4.79 Å². The maximum absolute atomic E-state index is 11.2. The fraction of sp³-hybridized carbons (Fsp3) is 0.800. The molecule has 2 unspecified atom stereocenters. The smallest absolute Gasteiger partial charge is 0.217 e. The van der Waals surface area contributed by atoms with Crippen LogP contribution in [0.15, 0.2) is 24.6 Å². The monoisotopic (exact) mass is 406 g/mol. The Morgan fingerprint density at radius 3 is 2.21 bits per heavy atom. The van der Waals surface area contributed by atoms with Gasteiger partial charge in [0.2, 0.25) is 5.91 Å². The molecule has 1 rings (SSSR count). The normalized spacial score (nSPS) is 21.0. The topological polar surface area (TPSA) is 41.1 Å². The molecule has 0 fully saturated rings. The van der Waals surface area contributed by atoms with Crippen LogP contribution in [0.3, 0.4) is 0 Å². The number of unbranched alkanes of at least 4 members (excludes halogenated alkanes) is 10. The number of likely N-dealkylation sites (N-methyl/N-ethyl adjacent to an activating group) is 1. The molecule has 0 radical (unpaired) electrons. The quantitative estimate of drug-likeness (QED) is 0.166. The molecule has 1 aliphatic rings. The largest absolute Gasteiger partial charge is 0.351 e. The summed E-state index contributed by atoms with van der Waals surface area (Å²) in [5, 5.41) is 6.49. The second kappa shape index (κ2) is 16.5. The summed E-state index contributed by atoms with van der Waals surface area (Å²) in [6.45, 7) is 8.88. The Balaban J connectivity index is 2.05. The van der Waals surface area contributed by atoms with Gasteiger partial charge < -0.3 is 10.6 Å². The molecule has 0 aromatic rings. The van der Waals surface area contributed by atoms with Gasteiger partial charge in [0.1, 0.15) is 12.7 Å². The molecular weight excluding hydrogens is 358 g/mol. The number of quaternary nitrogens is 1. The zero-order chi connectivity index (χ0) is 21.2. The molecule has 0 aromatic carbocycles. The summed E-state index contributed by atoms with van der Waals surface area (Å²) in [6.07, 6.45) is 27.0. The van der Waals surface area contributed by atoms with Crippen LogP contribution < -0.4 is 10.6 Å². The van der Waals surface area contributed by atoms with Crippen molar-refractivity contribution in [2.45, 2.75) is 110 Å². The molecule has 1 amide bonds. The number of rotatable bonds is 18. The molecule has 0 bridgehead atoms. The Morgan fingerprint density at radius 1 is 0.966 bits per heavy atom. The molecule has 0 aliphatic carbocycles. The van der Waals surface area contributed by atoms with Crippen molar-refractivity contribution in [3.05, 3.63) is 24.6 Å². The van der Waals surface area contributed by atoms with Gasteiger partial charge in [0, 0.05) is 13.3 Å². The average molecular weight is 407 g/mol. The highest BCUT2D eigenvalue weighted by molar-refractivity contribution is 5.72. The van der Waals surface area contributed by atoms with E-state index in [4.69, 9.17) is 0 Å². The maximum Gasteiger partial charge on any atom is 0.217 e. The van der Waals surface area contributed by atoms with Crippen LogP contribution in [0.4, 0.5) is 0 Å². The van der Waals surface area contributed by atoms with E-state index in [0.29, 0.717) is 6.17 Å². The summed E-state index contributed by atoms with van der Waals surface area (Å²) >= 11 is 0. The number of carbonyl (C=O) groups excluding carboxylic acids is 1. The van der Waals surface area contributed by atoms with Crippen LogP contribution in [0, 0.1) is 0 Å². The van der Waals surface area contributed by atoms with E-state index in [-0.39, 0.29) is 5.91 Å². The van der Waals surface area contributed by atoms with Crippen molar-refractivity contribution in [3.63, 3.8) is 0 Å². The van der Waals surface area contributed by atoms with Gasteiger partial charge in [0.15, 0.2) is 6.17 Å². The van der Waals surface area contributed by atoms with Gasteiger partial charge in [-0.2, -0.15) is 0 Å². The molecule has 4 heteroatoms. The lowest BCUT2D eigenvalue weighted by atomic mass is 10.1. The molecule has 168 valence electrons. The Kier molecular flexibility index (Phi) is 14.6. The van der Waals surface area contributed by atoms with Gasteiger partial charge >= 0.3 is 0 Å². The summed E-state index contributed by atoms with van der Waals surface area (Å²) < 4.78 is 0.939. The summed E-state index contributed by atoms with van der Waals surface area (Å²) in [6, 6.07) is 0. The minimum absolute atomic E-state index is 0.0608. The van der Waals surface area contributed by atoms with E-state index in [1.54, 1.807) is 6.92 Å². The van der Waals surface area contributed by atoms with Crippen molar-refractivity contribution >= 4 is 5.91 Å². The summed E-state index contributed by atoms with van der Waals surface area (Å²) in [4.78, 5) is 11.2. The first-order valence-corrected chi connectivity index (χ1v) is 12.3. The van der Waals surface area contributed by atoms with Crippen molar-refractivity contribution < 1.29 is 9.28 Å². The second-order valence-electron chi connectivity index (χ2n) is 8.64. The molecule has 0 spiro atoms.